The van der Waals surface area contributed by atoms with Gasteiger partial charge in [0.1, 0.15) is 6.04 Å². The van der Waals surface area contributed by atoms with Gasteiger partial charge in [0, 0.05) is 6.54 Å². The number of carbonyl (C=O) groups excluding carboxylic acids is 2. The summed E-state index contributed by atoms with van der Waals surface area (Å²) in [5.41, 5.74) is -1.03. The SMILES string of the molecule is CCC(C)(CNC(=O)NC(CC(C)C)C(=O)OC)C(=O)O. The van der Waals surface area contributed by atoms with Crippen molar-refractivity contribution in [3.63, 3.8) is 0 Å². The van der Waals surface area contributed by atoms with Crippen molar-refractivity contribution in [1.82, 2.24) is 10.6 Å². The number of amides is 2. The van der Waals surface area contributed by atoms with Crippen molar-refractivity contribution >= 4 is 18.0 Å². The average molecular weight is 302 g/mol. The molecule has 0 saturated heterocycles. The lowest BCUT2D eigenvalue weighted by molar-refractivity contribution is -0.148. The van der Waals surface area contributed by atoms with Gasteiger partial charge in [-0.3, -0.25) is 4.79 Å². The molecule has 0 aromatic carbocycles. The average Bonchev–Trinajstić information content (AvgIpc) is 2.42. The first-order valence-electron chi connectivity index (χ1n) is 7.01. The lowest BCUT2D eigenvalue weighted by Gasteiger charge is -2.24. The Balaban J connectivity index is 4.57. The normalized spacial score (nSPS) is 15.0. The van der Waals surface area contributed by atoms with E-state index in [-0.39, 0.29) is 12.5 Å². The van der Waals surface area contributed by atoms with Crippen molar-refractivity contribution in [3.05, 3.63) is 0 Å². The zero-order valence-electron chi connectivity index (χ0n) is 13.4. The molecule has 0 radical (unpaired) electrons. The van der Waals surface area contributed by atoms with Gasteiger partial charge in [-0.1, -0.05) is 20.8 Å². The van der Waals surface area contributed by atoms with Crippen molar-refractivity contribution in [3.8, 4) is 0 Å². The first kappa shape index (κ1) is 19.2. The van der Waals surface area contributed by atoms with E-state index in [1.54, 1.807) is 13.8 Å². The molecule has 3 N–H and O–H groups in total. The Bertz CT molecular complexity index is 384. The summed E-state index contributed by atoms with van der Waals surface area (Å²) in [6, 6.07) is -1.32. The van der Waals surface area contributed by atoms with Crippen LogP contribution in [0, 0.1) is 11.3 Å². The summed E-state index contributed by atoms with van der Waals surface area (Å²) in [7, 11) is 1.26. The van der Waals surface area contributed by atoms with Crippen LogP contribution in [-0.4, -0.2) is 42.8 Å². The molecule has 7 heteroatoms. The van der Waals surface area contributed by atoms with E-state index in [9.17, 15) is 14.4 Å². The second-order valence-corrected chi connectivity index (χ2v) is 5.75. The summed E-state index contributed by atoms with van der Waals surface area (Å²) in [5, 5.41) is 14.1. The van der Waals surface area contributed by atoms with E-state index in [0.29, 0.717) is 12.8 Å². The third kappa shape index (κ3) is 6.46. The topological polar surface area (TPSA) is 105 Å². The number of nitrogens with one attached hydrogen (secondary N) is 2. The van der Waals surface area contributed by atoms with Crippen LogP contribution < -0.4 is 10.6 Å². The molecule has 0 rings (SSSR count). The van der Waals surface area contributed by atoms with Crippen LogP contribution in [0.3, 0.4) is 0 Å². The standard InChI is InChI=1S/C14H26N2O5/c1-6-14(4,12(18)19)8-15-13(20)16-10(7-9(2)3)11(17)21-5/h9-10H,6-8H2,1-5H3,(H,18,19)(H2,15,16,20). The Hall–Kier alpha value is -1.79. The second kappa shape index (κ2) is 8.49. The summed E-state index contributed by atoms with van der Waals surface area (Å²) in [5.74, 6) is -1.29. The van der Waals surface area contributed by atoms with Crippen LogP contribution in [0.25, 0.3) is 0 Å². The molecular weight excluding hydrogens is 276 g/mol. The van der Waals surface area contributed by atoms with Gasteiger partial charge in [0.15, 0.2) is 0 Å². The second-order valence-electron chi connectivity index (χ2n) is 5.75. The number of aliphatic carboxylic acids is 1. The highest BCUT2D eigenvalue weighted by molar-refractivity contribution is 5.84. The summed E-state index contributed by atoms with van der Waals surface area (Å²) >= 11 is 0. The molecule has 0 bridgehead atoms. The van der Waals surface area contributed by atoms with Gasteiger partial charge in [0.2, 0.25) is 0 Å². The summed E-state index contributed by atoms with van der Waals surface area (Å²) < 4.78 is 4.64. The fourth-order valence-electron chi connectivity index (χ4n) is 1.66. The predicted octanol–water partition coefficient (Wildman–Crippen LogP) is 1.37. The van der Waals surface area contributed by atoms with Crippen molar-refractivity contribution in [2.75, 3.05) is 13.7 Å². The number of ether oxygens (including phenoxy) is 1. The van der Waals surface area contributed by atoms with E-state index in [2.05, 4.69) is 15.4 Å². The van der Waals surface area contributed by atoms with Crippen molar-refractivity contribution in [2.45, 2.75) is 46.6 Å². The maximum absolute atomic E-state index is 11.8. The molecule has 0 aliphatic rings. The van der Waals surface area contributed by atoms with Crippen LogP contribution in [0.15, 0.2) is 0 Å². The van der Waals surface area contributed by atoms with Gasteiger partial charge in [0.05, 0.1) is 12.5 Å². The number of carbonyl (C=O) groups is 3. The molecule has 0 aliphatic carbocycles. The molecule has 21 heavy (non-hydrogen) atoms. The number of carboxylic acid groups (broad SMARTS) is 1. The summed E-state index contributed by atoms with van der Waals surface area (Å²) in [6.07, 6.45) is 0.832. The van der Waals surface area contributed by atoms with Gasteiger partial charge in [-0.2, -0.15) is 0 Å². The van der Waals surface area contributed by atoms with Crippen LogP contribution >= 0.6 is 0 Å². The molecule has 7 nitrogen and oxygen atoms in total. The van der Waals surface area contributed by atoms with E-state index in [1.165, 1.54) is 7.11 Å². The van der Waals surface area contributed by atoms with Gasteiger partial charge in [-0.15, -0.1) is 0 Å². The molecule has 0 fully saturated rings. The zero-order chi connectivity index (χ0) is 16.6. The van der Waals surface area contributed by atoms with E-state index in [0.717, 1.165) is 0 Å². The zero-order valence-corrected chi connectivity index (χ0v) is 13.4. The number of carboxylic acids is 1. The minimum atomic E-state index is -1.03. The molecule has 0 aliphatic heterocycles. The fraction of sp³-hybridized carbons (Fsp3) is 0.786. The quantitative estimate of drug-likeness (QED) is 0.587. The predicted molar refractivity (Wildman–Crippen MR) is 77.8 cm³/mol. The summed E-state index contributed by atoms with van der Waals surface area (Å²) in [4.78, 5) is 34.5. The lowest BCUT2D eigenvalue weighted by Crippen LogP contribution is -2.50. The molecule has 0 aromatic rings. The van der Waals surface area contributed by atoms with Crippen molar-refractivity contribution < 1.29 is 24.2 Å². The molecule has 0 aromatic heterocycles. The van der Waals surface area contributed by atoms with Crippen molar-refractivity contribution in [2.24, 2.45) is 11.3 Å². The summed E-state index contributed by atoms with van der Waals surface area (Å²) in [6.45, 7) is 7.13. The lowest BCUT2D eigenvalue weighted by atomic mass is 9.88. The highest BCUT2D eigenvalue weighted by atomic mass is 16.5. The highest BCUT2D eigenvalue weighted by Gasteiger charge is 2.32. The van der Waals surface area contributed by atoms with E-state index >= 15 is 0 Å². The van der Waals surface area contributed by atoms with E-state index in [1.807, 2.05) is 13.8 Å². The van der Waals surface area contributed by atoms with Gasteiger partial charge < -0.3 is 20.5 Å². The Morgan fingerprint density at radius 1 is 1.29 bits per heavy atom. The minimum Gasteiger partial charge on any atom is -0.481 e. The number of hydrogen-bond donors (Lipinski definition) is 3. The Kier molecular flexibility index (Phi) is 7.76. The van der Waals surface area contributed by atoms with Crippen LogP contribution in [0.5, 0.6) is 0 Å². The highest BCUT2D eigenvalue weighted by Crippen LogP contribution is 2.19. The molecular formula is C14H26N2O5. The van der Waals surface area contributed by atoms with E-state index in [4.69, 9.17) is 5.11 Å². The Morgan fingerprint density at radius 2 is 1.86 bits per heavy atom. The van der Waals surface area contributed by atoms with Gasteiger partial charge in [-0.05, 0) is 25.7 Å². The van der Waals surface area contributed by atoms with Crippen molar-refractivity contribution in [1.29, 1.82) is 0 Å². The van der Waals surface area contributed by atoms with E-state index < -0.39 is 29.4 Å². The Labute approximate surface area is 125 Å². The third-order valence-corrected chi connectivity index (χ3v) is 3.43. The molecule has 0 saturated carbocycles. The maximum atomic E-state index is 11.8. The first-order chi connectivity index (χ1) is 9.66. The number of hydrogen-bond acceptors (Lipinski definition) is 4. The van der Waals surface area contributed by atoms with Crippen LogP contribution in [-0.2, 0) is 14.3 Å². The molecule has 2 unspecified atom stereocenters. The third-order valence-electron chi connectivity index (χ3n) is 3.43. The van der Waals surface area contributed by atoms with Gasteiger partial charge >= 0.3 is 18.0 Å². The van der Waals surface area contributed by atoms with Crippen LogP contribution in [0.2, 0.25) is 0 Å². The largest absolute Gasteiger partial charge is 0.481 e. The molecule has 2 atom stereocenters. The van der Waals surface area contributed by atoms with Gasteiger partial charge in [-0.25, -0.2) is 9.59 Å². The monoisotopic (exact) mass is 302 g/mol. The van der Waals surface area contributed by atoms with Gasteiger partial charge in [0.25, 0.3) is 0 Å². The van der Waals surface area contributed by atoms with Crippen LogP contribution in [0.1, 0.15) is 40.5 Å². The minimum absolute atomic E-state index is 0.0137. The number of esters is 1. The smallest absolute Gasteiger partial charge is 0.328 e. The molecule has 0 heterocycles. The first-order valence-corrected chi connectivity index (χ1v) is 7.01. The molecule has 0 spiro atoms. The fourth-order valence-corrected chi connectivity index (χ4v) is 1.66. The Morgan fingerprint density at radius 3 is 2.24 bits per heavy atom. The number of rotatable bonds is 8. The molecule has 122 valence electrons. The van der Waals surface area contributed by atoms with Crippen LogP contribution in [0.4, 0.5) is 4.79 Å². The number of urea groups is 1. The maximum Gasteiger partial charge on any atom is 0.328 e. The molecule has 2 amide bonds. The number of methoxy groups -OCH3 is 1.